The zero-order valence-corrected chi connectivity index (χ0v) is 17.4. The van der Waals surface area contributed by atoms with Gasteiger partial charge < -0.3 is 25.4 Å². The first-order valence-electron chi connectivity index (χ1n) is 9.45. The van der Waals surface area contributed by atoms with Crippen LogP contribution in [0.4, 0.5) is 10.1 Å². The van der Waals surface area contributed by atoms with E-state index in [0.29, 0.717) is 55.4 Å². The molecule has 1 aromatic carbocycles. The van der Waals surface area contributed by atoms with E-state index in [1.165, 1.54) is 12.1 Å². The standard InChI is InChI=1S/C21H23FN4O3S/c1-28-9-10-29-18-13-23-7-5-14(18)12-25-17-6-8-24-20(27)19(17)21(30)26-16-4-2-3-15(22)11-16/h2-5,7,11,13,25H,6,8-10,12H2,1H3,(H,24,27)(H,26,30). The first kappa shape index (κ1) is 21.7. The molecular weight excluding hydrogens is 407 g/mol. The van der Waals surface area contributed by atoms with Crippen molar-refractivity contribution in [1.82, 2.24) is 15.6 Å². The summed E-state index contributed by atoms with van der Waals surface area (Å²) in [5.74, 6) is -0.0178. The predicted molar refractivity (Wildman–Crippen MR) is 116 cm³/mol. The fourth-order valence-corrected chi connectivity index (χ4v) is 3.28. The maximum Gasteiger partial charge on any atom is 0.256 e. The molecule has 2 heterocycles. The smallest absolute Gasteiger partial charge is 0.256 e. The Morgan fingerprint density at radius 2 is 2.20 bits per heavy atom. The van der Waals surface area contributed by atoms with E-state index >= 15 is 0 Å². The Labute approximate surface area is 179 Å². The molecule has 1 aliphatic rings. The molecule has 0 bridgehead atoms. The van der Waals surface area contributed by atoms with Crippen LogP contribution < -0.4 is 20.7 Å². The lowest BCUT2D eigenvalue weighted by atomic mass is 10.1. The lowest BCUT2D eigenvalue weighted by Gasteiger charge is -2.23. The van der Waals surface area contributed by atoms with E-state index in [9.17, 15) is 9.18 Å². The van der Waals surface area contributed by atoms with Crippen molar-refractivity contribution < 1.29 is 18.7 Å². The highest BCUT2D eigenvalue weighted by Gasteiger charge is 2.24. The van der Waals surface area contributed by atoms with E-state index in [2.05, 4.69) is 20.9 Å². The van der Waals surface area contributed by atoms with Crippen molar-refractivity contribution in [2.75, 3.05) is 32.2 Å². The summed E-state index contributed by atoms with van der Waals surface area (Å²) in [5.41, 5.74) is 2.43. The maximum atomic E-state index is 13.5. The number of nitrogens with one attached hydrogen (secondary N) is 3. The minimum absolute atomic E-state index is 0.228. The van der Waals surface area contributed by atoms with Gasteiger partial charge in [0.15, 0.2) is 0 Å². The molecule has 2 aromatic rings. The molecule has 0 atom stereocenters. The third-order valence-corrected chi connectivity index (χ3v) is 4.71. The normalized spacial score (nSPS) is 13.6. The van der Waals surface area contributed by atoms with Gasteiger partial charge in [-0.1, -0.05) is 18.3 Å². The summed E-state index contributed by atoms with van der Waals surface area (Å²) >= 11 is 5.44. The van der Waals surface area contributed by atoms with Gasteiger partial charge in [-0.25, -0.2) is 4.39 Å². The van der Waals surface area contributed by atoms with Gasteiger partial charge in [0.2, 0.25) is 0 Å². The van der Waals surface area contributed by atoms with E-state index in [4.69, 9.17) is 21.7 Å². The summed E-state index contributed by atoms with van der Waals surface area (Å²) < 4.78 is 24.2. The first-order chi connectivity index (χ1) is 14.6. The van der Waals surface area contributed by atoms with E-state index in [1.54, 1.807) is 31.6 Å². The Morgan fingerprint density at radius 3 is 3.00 bits per heavy atom. The first-order valence-corrected chi connectivity index (χ1v) is 9.86. The van der Waals surface area contributed by atoms with Crippen LogP contribution in [-0.4, -0.2) is 42.7 Å². The van der Waals surface area contributed by atoms with Gasteiger partial charge in [0, 0.05) is 49.8 Å². The predicted octanol–water partition coefficient (Wildman–Crippen LogP) is 2.55. The number of anilines is 1. The van der Waals surface area contributed by atoms with Gasteiger partial charge in [-0.05, 0) is 24.3 Å². The number of ether oxygens (including phenoxy) is 2. The second kappa shape index (κ2) is 10.7. The monoisotopic (exact) mass is 430 g/mol. The highest BCUT2D eigenvalue weighted by molar-refractivity contribution is 7.81. The van der Waals surface area contributed by atoms with Gasteiger partial charge in [-0.15, -0.1) is 0 Å². The average Bonchev–Trinajstić information content (AvgIpc) is 2.73. The molecule has 3 rings (SSSR count). The Kier molecular flexibility index (Phi) is 7.69. The number of hydrogen-bond acceptors (Lipinski definition) is 6. The fraction of sp³-hybridized carbons (Fsp3) is 0.286. The molecule has 0 radical (unpaired) electrons. The summed E-state index contributed by atoms with van der Waals surface area (Å²) in [6, 6.07) is 7.77. The molecular formula is C21H23FN4O3S. The molecule has 30 heavy (non-hydrogen) atoms. The summed E-state index contributed by atoms with van der Waals surface area (Å²) in [4.78, 5) is 16.8. The number of carbonyl (C=O) groups is 1. The van der Waals surface area contributed by atoms with Gasteiger partial charge in [-0.2, -0.15) is 0 Å². The molecule has 7 nitrogen and oxygen atoms in total. The zero-order chi connectivity index (χ0) is 21.3. The van der Waals surface area contributed by atoms with E-state index in [-0.39, 0.29) is 16.7 Å². The molecule has 0 fully saturated rings. The van der Waals surface area contributed by atoms with Crippen molar-refractivity contribution in [2.45, 2.75) is 13.0 Å². The number of amides is 1. The number of methoxy groups -OCH3 is 1. The molecule has 1 aromatic heterocycles. The number of carbonyl (C=O) groups excluding carboxylic acids is 1. The Balaban J connectivity index is 1.75. The number of nitrogens with zero attached hydrogens (tertiary/aromatic N) is 1. The van der Waals surface area contributed by atoms with E-state index in [0.717, 1.165) is 5.56 Å². The molecule has 0 aliphatic carbocycles. The number of benzene rings is 1. The van der Waals surface area contributed by atoms with Crippen molar-refractivity contribution >= 4 is 28.8 Å². The van der Waals surface area contributed by atoms with Crippen LogP contribution in [0.15, 0.2) is 54.0 Å². The molecule has 9 heteroatoms. The van der Waals surface area contributed by atoms with Crippen molar-refractivity contribution in [1.29, 1.82) is 0 Å². The lowest BCUT2D eigenvalue weighted by Crippen LogP contribution is -2.39. The van der Waals surface area contributed by atoms with Crippen LogP contribution in [0.25, 0.3) is 0 Å². The number of halogens is 1. The minimum atomic E-state index is -0.387. The van der Waals surface area contributed by atoms with Crippen molar-refractivity contribution in [3.8, 4) is 5.75 Å². The summed E-state index contributed by atoms with van der Waals surface area (Å²) in [7, 11) is 1.61. The number of rotatable bonds is 9. The van der Waals surface area contributed by atoms with Crippen LogP contribution in [0, 0.1) is 5.82 Å². The van der Waals surface area contributed by atoms with Gasteiger partial charge in [-0.3, -0.25) is 9.78 Å². The molecule has 0 saturated heterocycles. The Bertz CT molecular complexity index is 951. The zero-order valence-electron chi connectivity index (χ0n) is 16.5. The third-order valence-electron chi connectivity index (χ3n) is 4.41. The van der Waals surface area contributed by atoms with Crippen LogP contribution in [0.5, 0.6) is 5.75 Å². The molecule has 0 unspecified atom stereocenters. The minimum Gasteiger partial charge on any atom is -0.489 e. The van der Waals surface area contributed by atoms with Gasteiger partial charge in [0.05, 0.1) is 18.4 Å². The van der Waals surface area contributed by atoms with Crippen LogP contribution in [0.1, 0.15) is 12.0 Å². The molecule has 1 aliphatic heterocycles. The third kappa shape index (κ3) is 5.74. The summed E-state index contributed by atoms with van der Waals surface area (Å²) in [6.45, 7) is 1.81. The van der Waals surface area contributed by atoms with Gasteiger partial charge in [0.1, 0.15) is 23.2 Å². The summed E-state index contributed by atoms with van der Waals surface area (Å²) in [5, 5.41) is 9.04. The summed E-state index contributed by atoms with van der Waals surface area (Å²) in [6.07, 6.45) is 3.92. The highest BCUT2D eigenvalue weighted by Crippen LogP contribution is 2.20. The lowest BCUT2D eigenvalue weighted by molar-refractivity contribution is -0.117. The van der Waals surface area contributed by atoms with Crippen LogP contribution >= 0.6 is 12.2 Å². The quantitative estimate of drug-likeness (QED) is 0.416. The van der Waals surface area contributed by atoms with E-state index < -0.39 is 0 Å². The number of hydrogen-bond donors (Lipinski definition) is 3. The maximum absolute atomic E-state index is 13.5. The van der Waals surface area contributed by atoms with Crippen LogP contribution in [0.2, 0.25) is 0 Å². The molecule has 158 valence electrons. The molecule has 3 N–H and O–H groups in total. The molecule has 1 amide bonds. The number of thiocarbonyl (C=S) groups is 1. The average molecular weight is 431 g/mol. The van der Waals surface area contributed by atoms with Gasteiger partial charge >= 0.3 is 0 Å². The van der Waals surface area contributed by atoms with Crippen molar-refractivity contribution in [3.63, 3.8) is 0 Å². The Hall–Kier alpha value is -3.04. The van der Waals surface area contributed by atoms with Crippen molar-refractivity contribution in [2.24, 2.45) is 0 Å². The van der Waals surface area contributed by atoms with Crippen molar-refractivity contribution in [3.05, 3.63) is 65.4 Å². The Morgan fingerprint density at radius 1 is 1.33 bits per heavy atom. The number of pyridine rings is 1. The van der Waals surface area contributed by atoms with Crippen LogP contribution in [0.3, 0.4) is 0 Å². The topological polar surface area (TPSA) is 84.5 Å². The largest absolute Gasteiger partial charge is 0.489 e. The number of aromatic nitrogens is 1. The highest BCUT2D eigenvalue weighted by atomic mass is 32.1. The van der Waals surface area contributed by atoms with Crippen LogP contribution in [-0.2, 0) is 16.1 Å². The second-order valence-corrected chi connectivity index (χ2v) is 6.91. The van der Waals surface area contributed by atoms with Gasteiger partial charge in [0.25, 0.3) is 5.91 Å². The molecule has 0 spiro atoms. The van der Waals surface area contributed by atoms with E-state index in [1.807, 2.05) is 6.07 Å². The SMILES string of the molecule is COCCOc1cnccc1CNC1=C(C(=S)Nc2cccc(F)c2)C(=O)NCC1. The molecule has 0 saturated carbocycles. The fourth-order valence-electron chi connectivity index (χ4n) is 2.95. The second-order valence-electron chi connectivity index (χ2n) is 6.50.